The van der Waals surface area contributed by atoms with Crippen LogP contribution in [0, 0.1) is 0 Å². The van der Waals surface area contributed by atoms with E-state index in [0.29, 0.717) is 36.8 Å². The Morgan fingerprint density at radius 1 is 1.47 bits per heavy atom. The molecule has 104 valence electrons. The predicted molar refractivity (Wildman–Crippen MR) is 71.7 cm³/mol. The molecule has 2 heterocycles. The van der Waals surface area contributed by atoms with Crippen molar-refractivity contribution in [3.8, 4) is 0 Å². The molecule has 1 unspecified atom stereocenters. The van der Waals surface area contributed by atoms with Crippen molar-refractivity contribution in [2.45, 2.75) is 31.9 Å². The number of nitrogen functional groups attached to an aromatic ring is 1. The Balaban J connectivity index is 2.11. The molecule has 19 heavy (non-hydrogen) atoms. The van der Waals surface area contributed by atoms with Crippen molar-refractivity contribution >= 4 is 17.0 Å². The molecule has 0 fully saturated rings. The topological polar surface area (TPSA) is 117 Å². The van der Waals surface area contributed by atoms with Crippen LogP contribution in [-0.2, 0) is 6.54 Å². The second-order valence-corrected chi connectivity index (χ2v) is 4.51. The normalized spacial score (nSPS) is 12.9. The molecule has 0 saturated heterocycles. The number of aliphatic hydroxyl groups excluding tert-OH is 2. The number of nitrogens with zero attached hydrogens (tertiary/aromatic N) is 2. The number of anilines is 1. The first kappa shape index (κ1) is 13.6. The van der Waals surface area contributed by atoms with E-state index in [-0.39, 0.29) is 18.1 Å². The molecule has 1 atom stereocenters. The van der Waals surface area contributed by atoms with Crippen molar-refractivity contribution in [1.29, 1.82) is 0 Å². The maximum atomic E-state index is 11.6. The summed E-state index contributed by atoms with van der Waals surface area (Å²) >= 11 is 0. The molecule has 0 spiro atoms. The van der Waals surface area contributed by atoms with E-state index in [2.05, 4.69) is 9.97 Å². The number of aromatic amines is 1. The average molecular weight is 266 g/mol. The summed E-state index contributed by atoms with van der Waals surface area (Å²) in [6, 6.07) is 1.68. The van der Waals surface area contributed by atoms with Crippen LogP contribution in [0.1, 0.15) is 19.3 Å². The second-order valence-electron chi connectivity index (χ2n) is 4.51. The Labute approximate surface area is 109 Å². The second kappa shape index (κ2) is 5.85. The number of rotatable bonds is 6. The summed E-state index contributed by atoms with van der Waals surface area (Å²) < 4.78 is 1.79. The minimum absolute atomic E-state index is 0.0803. The summed E-state index contributed by atoms with van der Waals surface area (Å²) in [5, 5.41) is 18.9. The average Bonchev–Trinajstić information content (AvgIpc) is 2.77. The van der Waals surface area contributed by atoms with Gasteiger partial charge in [0.1, 0.15) is 5.65 Å². The minimum Gasteiger partial charge on any atom is -0.396 e. The highest BCUT2D eigenvalue weighted by molar-refractivity contribution is 5.75. The molecule has 2 rings (SSSR count). The van der Waals surface area contributed by atoms with Crippen molar-refractivity contribution in [2.24, 2.45) is 0 Å². The number of hydrogen-bond donors (Lipinski definition) is 4. The predicted octanol–water partition coefficient (Wildman–Crippen LogP) is -0.170. The molecule has 0 aliphatic carbocycles. The van der Waals surface area contributed by atoms with Gasteiger partial charge in [-0.25, -0.2) is 0 Å². The fourth-order valence-corrected chi connectivity index (χ4v) is 2.03. The Morgan fingerprint density at radius 2 is 2.26 bits per heavy atom. The zero-order chi connectivity index (χ0) is 13.8. The van der Waals surface area contributed by atoms with Crippen LogP contribution in [-0.4, -0.2) is 37.5 Å². The highest BCUT2D eigenvalue weighted by Gasteiger charge is 2.09. The largest absolute Gasteiger partial charge is 0.396 e. The van der Waals surface area contributed by atoms with Gasteiger partial charge < -0.3 is 20.5 Å². The molecule has 2 aromatic heterocycles. The van der Waals surface area contributed by atoms with Gasteiger partial charge >= 0.3 is 0 Å². The first-order valence-corrected chi connectivity index (χ1v) is 6.25. The van der Waals surface area contributed by atoms with Crippen LogP contribution < -0.4 is 11.3 Å². The van der Waals surface area contributed by atoms with Gasteiger partial charge in [0, 0.05) is 19.3 Å². The van der Waals surface area contributed by atoms with Gasteiger partial charge in [-0.1, -0.05) is 0 Å². The Hall–Kier alpha value is -1.86. The highest BCUT2D eigenvalue weighted by atomic mass is 16.3. The number of aryl methyl sites for hydroxylation is 1. The summed E-state index contributed by atoms with van der Waals surface area (Å²) in [6.45, 7) is 0.628. The number of fused-ring (bicyclic) bond motifs is 1. The van der Waals surface area contributed by atoms with Gasteiger partial charge in [-0.2, -0.15) is 4.98 Å². The van der Waals surface area contributed by atoms with E-state index in [0.717, 1.165) is 0 Å². The Bertz CT molecular complexity index is 605. The fourth-order valence-electron chi connectivity index (χ4n) is 2.03. The van der Waals surface area contributed by atoms with E-state index in [9.17, 15) is 9.90 Å². The van der Waals surface area contributed by atoms with E-state index >= 15 is 0 Å². The molecular weight excluding hydrogens is 248 g/mol. The number of aromatic nitrogens is 3. The number of hydrogen-bond acceptors (Lipinski definition) is 5. The number of H-pyrrole nitrogens is 1. The van der Waals surface area contributed by atoms with Crippen molar-refractivity contribution in [2.75, 3.05) is 12.3 Å². The van der Waals surface area contributed by atoms with Crippen molar-refractivity contribution in [3.63, 3.8) is 0 Å². The SMILES string of the molecule is Nc1nc2c(ccn2CCC(O)CCCO)c(=O)[nH]1. The lowest BCUT2D eigenvalue weighted by Crippen LogP contribution is -2.14. The molecule has 7 nitrogen and oxygen atoms in total. The number of nitrogens with one attached hydrogen (secondary N) is 1. The summed E-state index contributed by atoms with van der Waals surface area (Å²) in [5.41, 5.74) is 5.78. The molecule has 0 aromatic carbocycles. The number of aliphatic hydroxyl groups is 2. The van der Waals surface area contributed by atoms with Crippen LogP contribution in [0.5, 0.6) is 0 Å². The van der Waals surface area contributed by atoms with Gasteiger partial charge in [0.05, 0.1) is 11.5 Å². The maximum absolute atomic E-state index is 11.6. The zero-order valence-corrected chi connectivity index (χ0v) is 10.5. The van der Waals surface area contributed by atoms with Crippen molar-refractivity contribution in [3.05, 3.63) is 22.6 Å². The summed E-state index contributed by atoms with van der Waals surface area (Å²) in [6.07, 6.45) is 2.97. The molecule has 7 heteroatoms. The van der Waals surface area contributed by atoms with Crippen molar-refractivity contribution in [1.82, 2.24) is 14.5 Å². The van der Waals surface area contributed by atoms with Crippen molar-refractivity contribution < 1.29 is 10.2 Å². The smallest absolute Gasteiger partial charge is 0.261 e. The van der Waals surface area contributed by atoms with Gasteiger partial charge in [-0.15, -0.1) is 0 Å². The molecule has 0 bridgehead atoms. The van der Waals surface area contributed by atoms with E-state index < -0.39 is 6.10 Å². The quantitative estimate of drug-likeness (QED) is 0.579. The van der Waals surface area contributed by atoms with Crippen LogP contribution in [0.15, 0.2) is 17.1 Å². The first-order chi connectivity index (χ1) is 9.11. The van der Waals surface area contributed by atoms with Crippen LogP contribution in [0.25, 0.3) is 11.0 Å². The monoisotopic (exact) mass is 266 g/mol. The molecular formula is C12H18N4O3. The summed E-state index contributed by atoms with van der Waals surface area (Å²) in [5.74, 6) is 0.0817. The Kier molecular flexibility index (Phi) is 4.18. The molecule has 2 aromatic rings. The van der Waals surface area contributed by atoms with Crippen LogP contribution in [0.3, 0.4) is 0 Å². The van der Waals surface area contributed by atoms with E-state index in [1.54, 1.807) is 16.8 Å². The lowest BCUT2D eigenvalue weighted by atomic mass is 10.1. The third-order valence-electron chi connectivity index (χ3n) is 3.05. The van der Waals surface area contributed by atoms with Gasteiger partial charge in [0.25, 0.3) is 5.56 Å². The number of nitrogens with two attached hydrogens (primary N) is 1. The van der Waals surface area contributed by atoms with Gasteiger partial charge in [-0.3, -0.25) is 9.78 Å². The molecule has 0 radical (unpaired) electrons. The third kappa shape index (κ3) is 3.12. The fraction of sp³-hybridized carbons (Fsp3) is 0.500. The van der Waals surface area contributed by atoms with Crippen LogP contribution >= 0.6 is 0 Å². The molecule has 5 N–H and O–H groups in total. The zero-order valence-electron chi connectivity index (χ0n) is 10.5. The third-order valence-corrected chi connectivity index (χ3v) is 3.05. The lowest BCUT2D eigenvalue weighted by Gasteiger charge is -2.10. The summed E-state index contributed by atoms with van der Waals surface area (Å²) in [7, 11) is 0. The Morgan fingerprint density at radius 3 is 3.00 bits per heavy atom. The van der Waals surface area contributed by atoms with Crippen LogP contribution in [0.4, 0.5) is 5.95 Å². The van der Waals surface area contributed by atoms with Gasteiger partial charge in [0.15, 0.2) is 0 Å². The van der Waals surface area contributed by atoms with Gasteiger partial charge in [0.2, 0.25) is 5.95 Å². The first-order valence-electron chi connectivity index (χ1n) is 6.25. The van der Waals surface area contributed by atoms with E-state index in [1.807, 2.05) is 0 Å². The highest BCUT2D eigenvalue weighted by Crippen LogP contribution is 2.12. The minimum atomic E-state index is -0.469. The van der Waals surface area contributed by atoms with Crippen LogP contribution in [0.2, 0.25) is 0 Å². The molecule has 0 amide bonds. The lowest BCUT2D eigenvalue weighted by molar-refractivity contribution is 0.136. The van der Waals surface area contributed by atoms with E-state index in [1.165, 1.54) is 0 Å². The standard InChI is InChI=1S/C12H18N4O3/c13-12-14-10-9(11(19)15-12)4-6-16(10)5-3-8(18)2-1-7-17/h4,6,8,17-18H,1-3,5,7H2,(H3,13,14,15,19). The molecule has 0 saturated carbocycles. The summed E-state index contributed by atoms with van der Waals surface area (Å²) in [4.78, 5) is 18.2. The molecule has 0 aliphatic rings. The van der Waals surface area contributed by atoms with E-state index in [4.69, 9.17) is 10.8 Å². The van der Waals surface area contributed by atoms with Gasteiger partial charge in [-0.05, 0) is 25.3 Å². The maximum Gasteiger partial charge on any atom is 0.261 e. The molecule has 0 aliphatic heterocycles.